The van der Waals surface area contributed by atoms with Crippen LogP contribution in [0, 0.1) is 0 Å². The average molecular weight is 855 g/mol. The Morgan fingerprint density at radius 3 is 2.44 bits per heavy atom. The Labute approximate surface area is 362 Å². The van der Waals surface area contributed by atoms with E-state index >= 15 is 0 Å². The molecule has 0 bridgehead atoms. The number of hydrogen-bond donors (Lipinski definition) is 2. The van der Waals surface area contributed by atoms with Crippen LogP contribution < -0.4 is 15.8 Å². The van der Waals surface area contributed by atoms with E-state index in [1.807, 2.05) is 76.3 Å². The number of likely N-dealkylation sites (tertiary alicyclic amines) is 1. The minimum absolute atomic E-state index is 0.0296. The Hall–Kier alpha value is -6.43. The number of para-hydroxylation sites is 1. The molecule has 3 fully saturated rings. The van der Waals surface area contributed by atoms with E-state index < -0.39 is 29.7 Å². The van der Waals surface area contributed by atoms with Gasteiger partial charge in [0, 0.05) is 81.1 Å². The molecule has 4 aliphatic rings. The first-order valence-corrected chi connectivity index (χ1v) is 21.9. The Morgan fingerprint density at radius 2 is 1.65 bits per heavy atom. The van der Waals surface area contributed by atoms with Crippen LogP contribution in [0.1, 0.15) is 52.4 Å². The molecule has 4 aliphatic heterocycles. The van der Waals surface area contributed by atoms with Crippen molar-refractivity contribution in [1.82, 2.24) is 44.7 Å². The third-order valence-corrected chi connectivity index (χ3v) is 12.9. The smallest absolute Gasteiger partial charge is 0.263 e. The van der Waals surface area contributed by atoms with Crippen LogP contribution in [-0.4, -0.2) is 133 Å². The summed E-state index contributed by atoms with van der Waals surface area (Å²) in [6.45, 7) is 6.06. The first-order chi connectivity index (χ1) is 30.2. The van der Waals surface area contributed by atoms with Gasteiger partial charge in [-0.3, -0.25) is 44.0 Å². The number of imide groups is 2. The molecule has 2 aromatic heterocycles. The predicted molar refractivity (Wildman–Crippen MR) is 232 cm³/mol. The van der Waals surface area contributed by atoms with Crippen LogP contribution in [0.4, 0.5) is 5.82 Å². The van der Waals surface area contributed by atoms with Crippen LogP contribution in [0.5, 0.6) is 11.5 Å². The standard InChI is InChI=1S/C45H46N10O6S/c46-41-39-40(29-13-15-32(16-14-29)61-31-8-2-1-3-9-31)50-55(42(39)48-28-47-41)30-7-5-20-53(27-30)37(57)12-6-19-51-21-23-52(24-22-51)25-26-62-35-11-4-10-33-38(35)45(60)54(44(33)59)34-17-18-36(56)49-43(34)58/h1-4,6,8-16,28,30,34H,5,7,17-27H2,(H2,46,47,48)(H,49,56,58)/b12-6+. The number of hydrogen-bond acceptors (Lipinski definition) is 13. The van der Waals surface area contributed by atoms with Gasteiger partial charge in [0.05, 0.1) is 22.6 Å². The van der Waals surface area contributed by atoms with Gasteiger partial charge in [0.15, 0.2) is 5.65 Å². The number of nitrogens with one attached hydrogen (secondary N) is 1. The van der Waals surface area contributed by atoms with Crippen molar-refractivity contribution in [2.24, 2.45) is 0 Å². The number of nitrogens with two attached hydrogens (primary N) is 1. The van der Waals surface area contributed by atoms with E-state index in [1.54, 1.807) is 18.2 Å². The Balaban J connectivity index is 0.757. The van der Waals surface area contributed by atoms with Crippen LogP contribution in [0.25, 0.3) is 22.3 Å². The maximum atomic E-state index is 13.5. The number of nitrogen functional groups attached to an aromatic ring is 1. The summed E-state index contributed by atoms with van der Waals surface area (Å²) < 4.78 is 7.89. The fraction of sp³-hybridized carbons (Fsp3) is 0.333. The van der Waals surface area contributed by atoms with Crippen LogP contribution in [-0.2, 0) is 14.4 Å². The molecule has 3 N–H and O–H groups in total. The zero-order valence-electron chi connectivity index (χ0n) is 34.0. The number of ether oxygens (including phenoxy) is 1. The molecular formula is C45H46N10O6S. The van der Waals surface area contributed by atoms with Crippen LogP contribution in [0.2, 0.25) is 0 Å². The molecule has 0 saturated carbocycles. The lowest BCUT2D eigenvalue weighted by atomic mass is 10.0. The minimum atomic E-state index is -0.989. The van der Waals surface area contributed by atoms with E-state index in [4.69, 9.17) is 15.6 Å². The Morgan fingerprint density at radius 1 is 0.871 bits per heavy atom. The first-order valence-electron chi connectivity index (χ1n) is 20.9. The molecule has 17 heteroatoms. The number of piperazine rings is 1. The van der Waals surface area contributed by atoms with E-state index in [2.05, 4.69) is 25.1 Å². The van der Waals surface area contributed by atoms with E-state index in [9.17, 15) is 24.0 Å². The van der Waals surface area contributed by atoms with Gasteiger partial charge >= 0.3 is 0 Å². The number of nitrogens with zero attached hydrogens (tertiary/aromatic N) is 8. The third kappa shape index (κ3) is 8.42. The molecule has 2 unspecified atom stereocenters. The van der Waals surface area contributed by atoms with Gasteiger partial charge in [0.25, 0.3) is 11.8 Å². The van der Waals surface area contributed by atoms with Gasteiger partial charge in [-0.05, 0) is 67.8 Å². The van der Waals surface area contributed by atoms with Crippen LogP contribution >= 0.6 is 11.8 Å². The summed E-state index contributed by atoms with van der Waals surface area (Å²) in [5, 5.41) is 7.96. The largest absolute Gasteiger partial charge is 0.457 e. The lowest BCUT2D eigenvalue weighted by molar-refractivity contribution is -0.136. The highest BCUT2D eigenvalue weighted by atomic mass is 32.2. The van der Waals surface area contributed by atoms with Crippen molar-refractivity contribution in [2.75, 3.05) is 63.8 Å². The summed E-state index contributed by atoms with van der Waals surface area (Å²) in [6, 6.07) is 21.4. The van der Waals surface area contributed by atoms with E-state index in [-0.39, 0.29) is 24.8 Å². The van der Waals surface area contributed by atoms with E-state index in [1.165, 1.54) is 18.1 Å². The number of piperidine rings is 2. The van der Waals surface area contributed by atoms with Crippen molar-refractivity contribution in [1.29, 1.82) is 0 Å². The number of carbonyl (C=O) groups is 5. The molecule has 0 aliphatic carbocycles. The molecule has 0 spiro atoms. The van der Waals surface area contributed by atoms with Gasteiger partial charge in [-0.25, -0.2) is 14.6 Å². The van der Waals surface area contributed by atoms with Crippen molar-refractivity contribution in [3.63, 3.8) is 0 Å². The summed E-state index contributed by atoms with van der Waals surface area (Å²) >= 11 is 1.52. The number of carbonyl (C=O) groups excluding carboxylic acids is 5. The minimum Gasteiger partial charge on any atom is -0.457 e. The highest BCUT2D eigenvalue weighted by molar-refractivity contribution is 7.99. The topological polar surface area (TPSA) is 189 Å². The van der Waals surface area contributed by atoms with Crippen molar-refractivity contribution in [3.05, 3.63) is 102 Å². The lowest BCUT2D eigenvalue weighted by Crippen LogP contribution is -2.54. The summed E-state index contributed by atoms with van der Waals surface area (Å²) in [5.41, 5.74) is 9.21. The molecular weight excluding hydrogens is 809 g/mol. The van der Waals surface area contributed by atoms with E-state index in [0.717, 1.165) is 67.5 Å². The molecule has 16 nitrogen and oxygen atoms in total. The molecule has 9 rings (SSSR count). The van der Waals surface area contributed by atoms with Crippen molar-refractivity contribution in [2.45, 2.75) is 42.7 Å². The van der Waals surface area contributed by atoms with Crippen molar-refractivity contribution in [3.8, 4) is 22.8 Å². The fourth-order valence-electron chi connectivity index (χ4n) is 8.60. The maximum Gasteiger partial charge on any atom is 0.263 e. The quantitative estimate of drug-likeness (QED) is 0.102. The Bertz CT molecular complexity index is 2560. The maximum absolute atomic E-state index is 13.5. The second-order valence-electron chi connectivity index (χ2n) is 15.8. The summed E-state index contributed by atoms with van der Waals surface area (Å²) in [4.78, 5) is 81.5. The molecule has 0 radical (unpaired) electrons. The van der Waals surface area contributed by atoms with E-state index in [0.29, 0.717) is 64.0 Å². The molecule has 5 amide bonds. The highest BCUT2D eigenvalue weighted by Crippen LogP contribution is 2.36. The zero-order chi connectivity index (χ0) is 42.7. The molecule has 2 atom stereocenters. The van der Waals surface area contributed by atoms with Crippen molar-refractivity contribution >= 4 is 58.1 Å². The van der Waals surface area contributed by atoms with Gasteiger partial charge in [0.1, 0.15) is 35.4 Å². The van der Waals surface area contributed by atoms with Gasteiger partial charge in [0.2, 0.25) is 17.7 Å². The van der Waals surface area contributed by atoms with Crippen LogP contribution in [0.15, 0.2) is 96.2 Å². The molecule has 62 heavy (non-hydrogen) atoms. The fourth-order valence-corrected chi connectivity index (χ4v) is 9.69. The number of anilines is 1. The SMILES string of the molecule is Nc1ncnc2c1c(-c1ccc(Oc3ccccc3)cc1)nn2C1CCCN(C(=O)/C=C/CN2CCN(CCSc3cccc4c3C(=O)N(C3CCC(=O)NC3=O)C4=O)CC2)C1. The summed E-state index contributed by atoms with van der Waals surface area (Å²) in [6.07, 6.45) is 6.96. The number of rotatable bonds is 12. The number of fused-ring (bicyclic) bond motifs is 2. The average Bonchev–Trinajstić information content (AvgIpc) is 3.80. The lowest BCUT2D eigenvalue weighted by Gasteiger charge is -2.34. The normalized spacial score (nSPS) is 20.0. The predicted octanol–water partition coefficient (Wildman–Crippen LogP) is 4.40. The first kappa shape index (κ1) is 40.9. The number of benzene rings is 3. The molecule has 3 saturated heterocycles. The molecule has 3 aromatic carbocycles. The van der Waals surface area contributed by atoms with Gasteiger partial charge in [-0.1, -0.05) is 30.3 Å². The Kier molecular flexibility index (Phi) is 11.8. The number of thioether (sulfide) groups is 1. The van der Waals surface area contributed by atoms with Gasteiger partial charge < -0.3 is 15.4 Å². The molecule has 6 heterocycles. The van der Waals surface area contributed by atoms with Crippen LogP contribution in [0.3, 0.4) is 0 Å². The zero-order valence-corrected chi connectivity index (χ0v) is 34.8. The second kappa shape index (κ2) is 17.9. The number of amides is 5. The highest BCUT2D eigenvalue weighted by Gasteiger charge is 2.45. The van der Waals surface area contributed by atoms with Gasteiger partial charge in [-0.15, -0.1) is 11.8 Å². The van der Waals surface area contributed by atoms with Gasteiger partial charge in [-0.2, -0.15) is 5.10 Å². The van der Waals surface area contributed by atoms with Crippen molar-refractivity contribution < 1.29 is 28.7 Å². The monoisotopic (exact) mass is 854 g/mol. The summed E-state index contributed by atoms with van der Waals surface area (Å²) in [7, 11) is 0. The molecule has 318 valence electrons. The molecule has 5 aromatic rings. The summed E-state index contributed by atoms with van der Waals surface area (Å²) in [5.74, 6) is 0.482. The third-order valence-electron chi connectivity index (χ3n) is 11.9. The number of aromatic nitrogens is 4. The second-order valence-corrected chi connectivity index (χ2v) is 16.9.